The molecule has 0 unspecified atom stereocenters. The molecule has 31 heavy (non-hydrogen) atoms. The Bertz CT molecular complexity index is 1160. The average molecular weight is 416 g/mol. The highest BCUT2D eigenvalue weighted by Crippen LogP contribution is 2.26. The van der Waals surface area contributed by atoms with Gasteiger partial charge in [0, 0.05) is 24.9 Å². The molecule has 7 nitrogen and oxygen atoms in total. The van der Waals surface area contributed by atoms with Crippen LogP contribution < -0.4 is 10.1 Å². The maximum absolute atomic E-state index is 13.2. The molecule has 2 aromatic heterocycles. The molecule has 0 radical (unpaired) electrons. The molecule has 3 heterocycles. The molecule has 1 amide bonds. The number of ether oxygens (including phenoxy) is 1. The molecule has 0 saturated carbocycles. The fourth-order valence-corrected chi connectivity index (χ4v) is 4.08. The number of benzene rings is 2. The van der Waals surface area contributed by atoms with E-state index in [1.54, 1.807) is 13.4 Å². The van der Waals surface area contributed by atoms with Crippen LogP contribution in [0, 0.1) is 0 Å². The molecule has 0 saturated heterocycles. The first-order chi connectivity index (χ1) is 15.2. The third kappa shape index (κ3) is 4.04. The fourth-order valence-electron chi connectivity index (χ4n) is 4.08. The smallest absolute Gasteiger partial charge is 0.238 e. The number of methoxy groups -OCH3 is 1. The van der Waals surface area contributed by atoms with Crippen molar-refractivity contribution in [1.82, 2.24) is 20.2 Å². The topological polar surface area (TPSA) is 83.4 Å². The first-order valence-electron chi connectivity index (χ1n) is 10.3. The number of amides is 1. The van der Waals surface area contributed by atoms with E-state index >= 15 is 0 Å². The molecule has 0 fully saturated rings. The summed E-state index contributed by atoms with van der Waals surface area (Å²) in [6.07, 6.45) is 2.26. The highest BCUT2D eigenvalue weighted by Gasteiger charge is 2.33. The Morgan fingerprint density at radius 1 is 1.26 bits per heavy atom. The molecule has 5 rings (SSSR count). The lowest BCUT2D eigenvalue weighted by molar-refractivity contribution is -0.127. The third-order valence-electron chi connectivity index (χ3n) is 5.76. The molecule has 0 spiro atoms. The van der Waals surface area contributed by atoms with Gasteiger partial charge in [-0.1, -0.05) is 30.3 Å². The van der Waals surface area contributed by atoms with Crippen LogP contribution in [0.3, 0.4) is 0 Å². The van der Waals surface area contributed by atoms with Crippen LogP contribution in [0.25, 0.3) is 11.0 Å². The number of aromatic nitrogens is 2. The zero-order valence-corrected chi connectivity index (χ0v) is 17.3. The van der Waals surface area contributed by atoms with Crippen molar-refractivity contribution in [2.75, 3.05) is 7.11 Å². The van der Waals surface area contributed by atoms with Gasteiger partial charge >= 0.3 is 0 Å². The summed E-state index contributed by atoms with van der Waals surface area (Å²) >= 11 is 0. The molecule has 1 aliphatic rings. The van der Waals surface area contributed by atoms with Gasteiger partial charge in [0.05, 0.1) is 37.4 Å². The van der Waals surface area contributed by atoms with Gasteiger partial charge in [0.15, 0.2) is 0 Å². The Kier molecular flexibility index (Phi) is 5.18. The van der Waals surface area contributed by atoms with E-state index in [1.165, 1.54) is 0 Å². The lowest BCUT2D eigenvalue weighted by atomic mass is 10.0. The molecule has 0 bridgehead atoms. The number of fused-ring (bicyclic) bond motifs is 2. The van der Waals surface area contributed by atoms with Crippen molar-refractivity contribution in [3.05, 3.63) is 83.6 Å². The van der Waals surface area contributed by atoms with Crippen molar-refractivity contribution in [3.63, 3.8) is 0 Å². The number of hydrogen-bond donors (Lipinski definition) is 2. The van der Waals surface area contributed by atoms with Crippen LogP contribution in [0.4, 0.5) is 0 Å². The van der Waals surface area contributed by atoms with E-state index in [1.807, 2.05) is 54.6 Å². The van der Waals surface area contributed by atoms with Crippen LogP contribution in [-0.4, -0.2) is 33.9 Å². The van der Waals surface area contributed by atoms with E-state index < -0.39 is 0 Å². The van der Waals surface area contributed by atoms with E-state index in [0.717, 1.165) is 39.4 Å². The van der Waals surface area contributed by atoms with Gasteiger partial charge in [-0.3, -0.25) is 9.69 Å². The van der Waals surface area contributed by atoms with Gasteiger partial charge in [-0.25, -0.2) is 4.98 Å². The summed E-state index contributed by atoms with van der Waals surface area (Å²) < 4.78 is 11.2. The summed E-state index contributed by atoms with van der Waals surface area (Å²) in [6.45, 7) is 1.63. The largest absolute Gasteiger partial charge is 0.497 e. The molecule has 2 N–H and O–H groups in total. The lowest BCUT2D eigenvalue weighted by Gasteiger charge is -2.33. The zero-order chi connectivity index (χ0) is 21.2. The number of carbonyl (C=O) groups excluding carboxylic acids is 1. The second-order valence-corrected chi connectivity index (χ2v) is 7.77. The molecule has 1 atom stereocenters. The van der Waals surface area contributed by atoms with Crippen molar-refractivity contribution >= 4 is 16.9 Å². The number of hydrogen-bond acceptors (Lipinski definition) is 5. The van der Waals surface area contributed by atoms with Crippen LogP contribution in [0.5, 0.6) is 5.75 Å². The number of para-hydroxylation sites is 1. The number of imidazole rings is 1. The second kappa shape index (κ2) is 8.28. The molecule has 158 valence electrons. The summed E-state index contributed by atoms with van der Waals surface area (Å²) in [5, 5.41) is 4.15. The number of furan rings is 1. The molecule has 1 aliphatic heterocycles. The molecule has 7 heteroatoms. The third-order valence-corrected chi connectivity index (χ3v) is 5.76. The summed E-state index contributed by atoms with van der Waals surface area (Å²) in [6, 6.07) is 17.4. The van der Waals surface area contributed by atoms with Crippen LogP contribution in [0.2, 0.25) is 0 Å². The van der Waals surface area contributed by atoms with Gasteiger partial charge < -0.3 is 19.5 Å². The summed E-state index contributed by atoms with van der Waals surface area (Å²) in [4.78, 5) is 22.9. The van der Waals surface area contributed by atoms with Crippen LogP contribution in [0.15, 0.2) is 65.3 Å². The standard InChI is InChI=1S/C24H24N4O3/c1-30-18-8-6-16(7-9-18)12-25-24(29)22-11-20-21(27-15-26-20)14-28(22)13-19-10-17-4-2-3-5-23(17)31-19/h2-10,15,22H,11-14H2,1H3,(H,25,29)(H,26,27)/t22-/m0/s1. The Labute approximate surface area is 180 Å². The quantitative estimate of drug-likeness (QED) is 0.503. The Morgan fingerprint density at radius 3 is 2.90 bits per heavy atom. The highest BCUT2D eigenvalue weighted by molar-refractivity contribution is 5.82. The Hall–Kier alpha value is -3.58. The number of carbonyl (C=O) groups is 1. The van der Waals surface area contributed by atoms with Gasteiger partial charge in [0.2, 0.25) is 5.91 Å². The van der Waals surface area contributed by atoms with Crippen molar-refractivity contribution < 1.29 is 13.9 Å². The normalized spacial score (nSPS) is 16.2. The van der Waals surface area contributed by atoms with Crippen molar-refractivity contribution in [2.24, 2.45) is 0 Å². The minimum absolute atomic E-state index is 0.0134. The van der Waals surface area contributed by atoms with Gasteiger partial charge in [-0.05, 0) is 29.8 Å². The van der Waals surface area contributed by atoms with Gasteiger partial charge in [-0.15, -0.1) is 0 Å². The summed E-state index contributed by atoms with van der Waals surface area (Å²) in [5.41, 5.74) is 3.88. The van der Waals surface area contributed by atoms with E-state index in [-0.39, 0.29) is 11.9 Å². The average Bonchev–Trinajstić information content (AvgIpc) is 3.43. The van der Waals surface area contributed by atoms with Gasteiger partial charge in [0.25, 0.3) is 0 Å². The number of nitrogens with one attached hydrogen (secondary N) is 2. The number of aromatic amines is 1. The minimum atomic E-state index is -0.317. The van der Waals surface area contributed by atoms with E-state index in [0.29, 0.717) is 26.1 Å². The molecule has 0 aliphatic carbocycles. The van der Waals surface area contributed by atoms with Crippen molar-refractivity contribution in [2.45, 2.75) is 32.1 Å². The van der Waals surface area contributed by atoms with Gasteiger partial charge in [0.1, 0.15) is 17.1 Å². The fraction of sp³-hybridized carbons (Fsp3) is 0.250. The summed E-state index contributed by atoms with van der Waals surface area (Å²) in [7, 11) is 1.64. The predicted octanol–water partition coefficient (Wildman–Crippen LogP) is 3.41. The van der Waals surface area contributed by atoms with E-state index in [9.17, 15) is 4.79 Å². The minimum Gasteiger partial charge on any atom is -0.497 e. The molecule has 2 aromatic carbocycles. The Balaban J connectivity index is 1.33. The van der Waals surface area contributed by atoms with Crippen molar-refractivity contribution in [1.29, 1.82) is 0 Å². The maximum atomic E-state index is 13.2. The second-order valence-electron chi connectivity index (χ2n) is 7.77. The molecular formula is C24H24N4O3. The zero-order valence-electron chi connectivity index (χ0n) is 17.3. The SMILES string of the molecule is COc1ccc(CNC(=O)[C@@H]2Cc3nc[nH]c3CN2Cc2cc3ccccc3o2)cc1. The highest BCUT2D eigenvalue weighted by atomic mass is 16.5. The number of rotatable bonds is 6. The van der Waals surface area contributed by atoms with Crippen LogP contribution in [-0.2, 0) is 30.8 Å². The first-order valence-corrected chi connectivity index (χ1v) is 10.3. The summed E-state index contributed by atoms with van der Waals surface area (Å²) in [5.74, 6) is 1.63. The van der Waals surface area contributed by atoms with Crippen LogP contribution >= 0.6 is 0 Å². The monoisotopic (exact) mass is 416 g/mol. The van der Waals surface area contributed by atoms with E-state index in [2.05, 4.69) is 20.2 Å². The maximum Gasteiger partial charge on any atom is 0.238 e. The van der Waals surface area contributed by atoms with Crippen LogP contribution in [0.1, 0.15) is 22.7 Å². The number of H-pyrrole nitrogens is 1. The molecular weight excluding hydrogens is 392 g/mol. The van der Waals surface area contributed by atoms with Gasteiger partial charge in [-0.2, -0.15) is 0 Å². The molecule has 4 aromatic rings. The van der Waals surface area contributed by atoms with E-state index in [4.69, 9.17) is 9.15 Å². The first kappa shape index (κ1) is 19.4. The Morgan fingerprint density at radius 2 is 2.10 bits per heavy atom. The number of nitrogens with zero attached hydrogens (tertiary/aromatic N) is 2. The van der Waals surface area contributed by atoms with Crippen molar-refractivity contribution in [3.8, 4) is 5.75 Å². The predicted molar refractivity (Wildman–Crippen MR) is 116 cm³/mol. The lowest BCUT2D eigenvalue weighted by Crippen LogP contribution is -2.49.